The van der Waals surface area contributed by atoms with Crippen molar-refractivity contribution < 1.29 is 4.79 Å². The molecule has 33 heavy (non-hydrogen) atoms. The maximum atomic E-state index is 13.2. The molecule has 2 heterocycles. The van der Waals surface area contributed by atoms with Crippen LogP contribution in [0.3, 0.4) is 0 Å². The van der Waals surface area contributed by atoms with Crippen LogP contribution >= 0.6 is 23.5 Å². The van der Waals surface area contributed by atoms with Crippen LogP contribution < -0.4 is 10.9 Å². The number of rotatable bonds is 6. The van der Waals surface area contributed by atoms with Crippen molar-refractivity contribution in [1.29, 1.82) is 0 Å². The van der Waals surface area contributed by atoms with E-state index in [1.54, 1.807) is 16.3 Å². The fraction of sp³-hybridized carbons (Fsp3) is 0.115. The van der Waals surface area contributed by atoms with E-state index in [2.05, 4.69) is 5.32 Å². The molecule has 5 nitrogen and oxygen atoms in total. The molecule has 0 radical (unpaired) electrons. The van der Waals surface area contributed by atoms with E-state index in [0.29, 0.717) is 10.1 Å². The lowest BCUT2D eigenvalue weighted by Crippen LogP contribution is -2.24. The molecule has 0 atom stereocenters. The minimum atomic E-state index is -0.144. The first-order valence-corrected chi connectivity index (χ1v) is 12.6. The van der Waals surface area contributed by atoms with Gasteiger partial charge in [-0.25, -0.2) is 4.98 Å². The van der Waals surface area contributed by atoms with Crippen molar-refractivity contribution in [1.82, 2.24) is 9.55 Å². The predicted octanol–water partition coefficient (Wildman–Crippen LogP) is 5.28. The molecule has 1 aromatic heterocycles. The van der Waals surface area contributed by atoms with Crippen molar-refractivity contribution in [3.05, 3.63) is 101 Å². The number of aryl methyl sites for hydroxylation is 1. The number of carbonyl (C=O) groups excluding carboxylic acids is 1. The molecule has 1 N–H and O–H groups in total. The monoisotopic (exact) mass is 471 g/mol. The van der Waals surface area contributed by atoms with Gasteiger partial charge in [0, 0.05) is 17.9 Å². The van der Waals surface area contributed by atoms with E-state index in [0.717, 1.165) is 40.4 Å². The maximum absolute atomic E-state index is 13.2. The summed E-state index contributed by atoms with van der Waals surface area (Å²) in [5.41, 5.74) is 4.39. The summed E-state index contributed by atoms with van der Waals surface area (Å²) in [6.07, 6.45) is 0.775. The van der Waals surface area contributed by atoms with Gasteiger partial charge in [-0.15, -0.1) is 11.8 Å². The van der Waals surface area contributed by atoms with Gasteiger partial charge in [-0.3, -0.25) is 14.2 Å². The number of nitrogens with one attached hydrogen (secondary N) is 1. The normalized spacial score (nSPS) is 12.4. The van der Waals surface area contributed by atoms with Crippen LogP contribution in [0.4, 0.5) is 5.69 Å². The number of anilines is 1. The Bertz CT molecular complexity index is 1360. The van der Waals surface area contributed by atoms with Crippen LogP contribution in [0.2, 0.25) is 0 Å². The number of carbonyl (C=O) groups is 1. The fourth-order valence-corrected chi connectivity index (χ4v) is 5.58. The molecular formula is C26H21N3O2S2. The van der Waals surface area contributed by atoms with Crippen LogP contribution in [0.5, 0.6) is 0 Å². The predicted molar refractivity (Wildman–Crippen MR) is 135 cm³/mol. The summed E-state index contributed by atoms with van der Waals surface area (Å²) in [7, 11) is 0. The third kappa shape index (κ3) is 4.74. The van der Waals surface area contributed by atoms with Gasteiger partial charge in [-0.2, -0.15) is 0 Å². The lowest BCUT2D eigenvalue weighted by atomic mass is 10.1. The molecule has 3 aromatic carbocycles. The number of amides is 1. The van der Waals surface area contributed by atoms with Crippen molar-refractivity contribution in [3.63, 3.8) is 0 Å². The molecule has 5 rings (SSSR count). The highest BCUT2D eigenvalue weighted by Gasteiger charge is 2.23. The lowest BCUT2D eigenvalue weighted by molar-refractivity contribution is -0.113. The summed E-state index contributed by atoms with van der Waals surface area (Å²) >= 11 is 2.83. The van der Waals surface area contributed by atoms with Gasteiger partial charge in [0.2, 0.25) is 5.91 Å². The lowest BCUT2D eigenvalue weighted by Gasteiger charge is -2.14. The van der Waals surface area contributed by atoms with Gasteiger partial charge in [0.25, 0.3) is 5.56 Å². The first-order chi connectivity index (χ1) is 16.2. The quantitative estimate of drug-likeness (QED) is 0.306. The summed E-state index contributed by atoms with van der Waals surface area (Å²) in [6, 6.07) is 27.3. The minimum Gasteiger partial charge on any atom is -0.325 e. The third-order valence-corrected chi connectivity index (χ3v) is 7.31. The van der Waals surface area contributed by atoms with Crippen LogP contribution in [-0.2, 0) is 11.2 Å². The molecule has 1 aliphatic rings. The van der Waals surface area contributed by atoms with Crippen LogP contribution in [0.1, 0.15) is 5.69 Å². The zero-order valence-electron chi connectivity index (χ0n) is 17.7. The first kappa shape index (κ1) is 21.6. The SMILES string of the molecule is O=C(CSc1nc2c(c(=O)n1-c1ccccc1)SCC2)Nc1cccc(-c2ccccc2)c1. The molecule has 1 aliphatic heterocycles. The number of hydrogen-bond donors (Lipinski definition) is 1. The Balaban J connectivity index is 1.35. The molecule has 0 saturated carbocycles. The Labute approximate surface area is 200 Å². The molecule has 0 aliphatic carbocycles. The summed E-state index contributed by atoms with van der Waals surface area (Å²) in [5, 5.41) is 3.51. The van der Waals surface area contributed by atoms with Gasteiger partial charge in [-0.1, -0.05) is 72.4 Å². The van der Waals surface area contributed by atoms with Gasteiger partial charge in [0.1, 0.15) is 0 Å². The van der Waals surface area contributed by atoms with E-state index in [4.69, 9.17) is 4.98 Å². The van der Waals surface area contributed by atoms with Gasteiger partial charge >= 0.3 is 0 Å². The largest absolute Gasteiger partial charge is 0.325 e. The highest BCUT2D eigenvalue weighted by Crippen LogP contribution is 2.30. The summed E-state index contributed by atoms with van der Waals surface area (Å²) in [5.74, 6) is 0.869. The fourth-order valence-electron chi connectivity index (χ4n) is 3.73. The molecule has 0 fully saturated rings. The second kappa shape index (κ2) is 9.68. The van der Waals surface area contributed by atoms with Crippen molar-refractivity contribution in [2.45, 2.75) is 16.5 Å². The Kier molecular flexibility index (Phi) is 6.32. The second-order valence-electron chi connectivity index (χ2n) is 7.53. The first-order valence-electron chi connectivity index (χ1n) is 10.6. The standard InChI is InChI=1S/C26H21N3O2S2/c30-23(27-20-11-7-10-19(16-20)18-8-3-1-4-9-18)17-33-26-28-22-14-15-32-24(22)25(31)29(26)21-12-5-2-6-13-21/h1-13,16H,14-15,17H2,(H,27,30). The zero-order valence-corrected chi connectivity index (χ0v) is 19.4. The van der Waals surface area contributed by atoms with Gasteiger partial charge in [0.05, 0.1) is 22.0 Å². The molecule has 0 saturated heterocycles. The molecule has 0 spiro atoms. The average Bonchev–Trinajstić information content (AvgIpc) is 3.33. The Morgan fingerprint density at radius 2 is 1.70 bits per heavy atom. The highest BCUT2D eigenvalue weighted by molar-refractivity contribution is 8.00. The summed E-state index contributed by atoms with van der Waals surface area (Å²) in [6.45, 7) is 0. The van der Waals surface area contributed by atoms with Crippen LogP contribution in [0, 0.1) is 0 Å². The molecule has 0 bridgehead atoms. The Morgan fingerprint density at radius 3 is 2.48 bits per heavy atom. The molecular weight excluding hydrogens is 450 g/mol. The number of benzene rings is 3. The number of nitrogens with zero attached hydrogens (tertiary/aromatic N) is 2. The summed E-state index contributed by atoms with van der Waals surface area (Å²) in [4.78, 5) is 31.4. The van der Waals surface area contributed by atoms with Crippen molar-refractivity contribution in [2.75, 3.05) is 16.8 Å². The van der Waals surface area contributed by atoms with E-state index < -0.39 is 0 Å². The topological polar surface area (TPSA) is 64.0 Å². The maximum Gasteiger partial charge on any atom is 0.272 e. The van der Waals surface area contributed by atoms with Crippen LogP contribution in [-0.4, -0.2) is 27.0 Å². The van der Waals surface area contributed by atoms with Crippen molar-refractivity contribution in [2.24, 2.45) is 0 Å². The summed E-state index contributed by atoms with van der Waals surface area (Å²) < 4.78 is 1.62. The van der Waals surface area contributed by atoms with Crippen LogP contribution in [0.25, 0.3) is 16.8 Å². The Hall–Kier alpha value is -3.29. The van der Waals surface area contributed by atoms with E-state index in [9.17, 15) is 9.59 Å². The van der Waals surface area contributed by atoms with Crippen molar-refractivity contribution >= 4 is 35.1 Å². The van der Waals surface area contributed by atoms with Gasteiger partial charge in [0.15, 0.2) is 5.16 Å². The smallest absolute Gasteiger partial charge is 0.272 e. The highest BCUT2D eigenvalue weighted by atomic mass is 32.2. The van der Waals surface area contributed by atoms with Crippen molar-refractivity contribution in [3.8, 4) is 16.8 Å². The molecule has 1 amide bonds. The number of hydrogen-bond acceptors (Lipinski definition) is 5. The van der Waals surface area contributed by atoms with E-state index >= 15 is 0 Å². The number of aromatic nitrogens is 2. The van der Waals surface area contributed by atoms with E-state index in [1.807, 2.05) is 84.9 Å². The van der Waals surface area contributed by atoms with Gasteiger partial charge in [-0.05, 0) is 35.4 Å². The molecule has 4 aromatic rings. The number of para-hydroxylation sites is 1. The Morgan fingerprint density at radius 1 is 0.970 bits per heavy atom. The molecule has 7 heteroatoms. The van der Waals surface area contributed by atoms with E-state index in [1.165, 1.54) is 11.8 Å². The molecule has 164 valence electrons. The average molecular weight is 472 g/mol. The molecule has 0 unspecified atom stereocenters. The second-order valence-corrected chi connectivity index (χ2v) is 9.58. The third-order valence-electron chi connectivity index (χ3n) is 5.27. The van der Waals surface area contributed by atoms with Gasteiger partial charge < -0.3 is 5.32 Å². The number of fused-ring (bicyclic) bond motifs is 1. The zero-order chi connectivity index (χ0) is 22.6. The van der Waals surface area contributed by atoms with Crippen LogP contribution in [0.15, 0.2) is 99.8 Å². The van der Waals surface area contributed by atoms with E-state index in [-0.39, 0.29) is 17.2 Å². The number of thioether (sulfide) groups is 2. The minimum absolute atomic E-state index is 0.0628.